The van der Waals surface area contributed by atoms with Gasteiger partial charge in [-0.15, -0.1) is 10.2 Å². The van der Waals surface area contributed by atoms with Crippen molar-refractivity contribution in [2.45, 2.75) is 10.9 Å². The lowest BCUT2D eigenvalue weighted by Gasteiger charge is -2.05. The number of rotatable bonds is 5. The van der Waals surface area contributed by atoms with Gasteiger partial charge in [0.2, 0.25) is 5.16 Å². The molecule has 0 radical (unpaired) electrons. The monoisotopic (exact) mass is 352 g/mol. The quantitative estimate of drug-likeness (QED) is 0.424. The van der Waals surface area contributed by atoms with E-state index in [2.05, 4.69) is 20.2 Å². The predicted molar refractivity (Wildman–Crippen MR) is 97.8 cm³/mol. The Hall–Kier alpha value is -3.00. The molecule has 4 aromatic rings. The van der Waals surface area contributed by atoms with Gasteiger partial charge in [0.1, 0.15) is 11.6 Å². The molecule has 7 nitrogen and oxygen atoms in total. The van der Waals surface area contributed by atoms with E-state index in [4.69, 9.17) is 10.6 Å². The fourth-order valence-electron chi connectivity index (χ4n) is 2.54. The van der Waals surface area contributed by atoms with Crippen molar-refractivity contribution in [3.05, 3.63) is 54.4 Å². The number of nitrogens with zero attached hydrogens (tertiary/aromatic N) is 4. The van der Waals surface area contributed by atoms with Crippen LogP contribution in [0.5, 0.6) is 5.75 Å². The summed E-state index contributed by atoms with van der Waals surface area (Å²) in [5, 5.41) is 9.01. The Bertz CT molecular complexity index is 992. The highest BCUT2D eigenvalue weighted by atomic mass is 32.2. The van der Waals surface area contributed by atoms with Crippen LogP contribution in [0.4, 0.5) is 0 Å². The maximum atomic E-state index is 6.17. The van der Waals surface area contributed by atoms with Crippen molar-refractivity contribution < 1.29 is 4.74 Å². The summed E-state index contributed by atoms with van der Waals surface area (Å²) in [5.74, 6) is 9.00. The minimum absolute atomic E-state index is 0.589. The van der Waals surface area contributed by atoms with Crippen molar-refractivity contribution in [2.75, 3.05) is 13.0 Å². The van der Waals surface area contributed by atoms with Crippen LogP contribution in [0.15, 0.2) is 53.7 Å². The van der Waals surface area contributed by atoms with Crippen molar-refractivity contribution in [3.8, 4) is 17.1 Å². The van der Waals surface area contributed by atoms with Crippen molar-refractivity contribution in [3.63, 3.8) is 0 Å². The lowest BCUT2D eigenvalue weighted by Crippen LogP contribution is -2.11. The van der Waals surface area contributed by atoms with Crippen LogP contribution in [0.1, 0.15) is 5.82 Å². The largest absolute Gasteiger partial charge is 0.497 e. The number of ether oxygens (including phenoxy) is 1. The number of hydrogen-bond acceptors (Lipinski definition) is 6. The molecule has 8 heteroatoms. The number of hydrogen-bond donors (Lipinski definition) is 2. The average Bonchev–Trinajstić information content (AvgIpc) is 3.23. The number of aromatic nitrogens is 5. The highest BCUT2D eigenvalue weighted by Crippen LogP contribution is 2.26. The zero-order valence-corrected chi connectivity index (χ0v) is 14.3. The van der Waals surface area contributed by atoms with E-state index < -0.39 is 0 Å². The molecular weight excluding hydrogens is 336 g/mol. The van der Waals surface area contributed by atoms with Gasteiger partial charge >= 0.3 is 0 Å². The number of aromatic amines is 1. The van der Waals surface area contributed by atoms with E-state index >= 15 is 0 Å². The molecule has 0 spiro atoms. The summed E-state index contributed by atoms with van der Waals surface area (Å²) < 4.78 is 6.73. The molecule has 2 aromatic heterocycles. The van der Waals surface area contributed by atoms with Crippen molar-refractivity contribution in [2.24, 2.45) is 0 Å². The number of fused-ring (bicyclic) bond motifs is 1. The molecule has 4 rings (SSSR count). The number of imidazole rings is 1. The number of methoxy groups -OCH3 is 1. The first kappa shape index (κ1) is 15.5. The minimum atomic E-state index is 0.589. The fourth-order valence-corrected chi connectivity index (χ4v) is 3.27. The van der Waals surface area contributed by atoms with Gasteiger partial charge in [0, 0.05) is 5.56 Å². The number of thioether (sulfide) groups is 1. The second-order valence-corrected chi connectivity index (χ2v) is 6.34. The second kappa shape index (κ2) is 6.48. The van der Waals surface area contributed by atoms with Gasteiger partial charge in [0.05, 0.1) is 23.9 Å². The number of benzene rings is 2. The van der Waals surface area contributed by atoms with Crippen LogP contribution in [-0.2, 0) is 5.75 Å². The van der Waals surface area contributed by atoms with Gasteiger partial charge in [-0.1, -0.05) is 36.0 Å². The molecule has 2 heterocycles. The highest BCUT2D eigenvalue weighted by Gasteiger charge is 2.13. The van der Waals surface area contributed by atoms with Crippen LogP contribution in [0, 0.1) is 0 Å². The molecule has 0 aliphatic carbocycles. The molecule has 0 unspecified atom stereocenters. The average molecular weight is 352 g/mol. The zero-order chi connectivity index (χ0) is 17.2. The highest BCUT2D eigenvalue weighted by molar-refractivity contribution is 7.98. The van der Waals surface area contributed by atoms with E-state index in [0.29, 0.717) is 16.7 Å². The Morgan fingerprint density at radius 3 is 2.88 bits per heavy atom. The number of para-hydroxylation sites is 2. The van der Waals surface area contributed by atoms with Gasteiger partial charge in [0.15, 0.2) is 5.82 Å². The predicted octanol–water partition coefficient (Wildman–Crippen LogP) is 2.84. The topological polar surface area (TPSA) is 94.6 Å². The second-order valence-electron chi connectivity index (χ2n) is 5.40. The van der Waals surface area contributed by atoms with Gasteiger partial charge in [-0.2, -0.15) is 0 Å². The van der Waals surface area contributed by atoms with Crippen molar-refractivity contribution in [1.29, 1.82) is 0 Å². The summed E-state index contributed by atoms with van der Waals surface area (Å²) in [6, 6.07) is 15.5. The van der Waals surface area contributed by atoms with E-state index in [0.717, 1.165) is 28.2 Å². The van der Waals surface area contributed by atoms with Crippen LogP contribution in [0.25, 0.3) is 22.4 Å². The first-order valence-electron chi connectivity index (χ1n) is 7.66. The van der Waals surface area contributed by atoms with E-state index in [1.165, 1.54) is 16.4 Å². The van der Waals surface area contributed by atoms with Gasteiger partial charge in [0.25, 0.3) is 0 Å². The summed E-state index contributed by atoms with van der Waals surface area (Å²) in [5.41, 5.74) is 2.82. The van der Waals surface area contributed by atoms with Gasteiger partial charge in [-0.25, -0.2) is 9.66 Å². The molecule has 0 saturated heterocycles. The third-order valence-electron chi connectivity index (χ3n) is 3.77. The molecule has 0 bridgehead atoms. The Morgan fingerprint density at radius 2 is 2.04 bits per heavy atom. The molecule has 0 atom stereocenters. The first-order valence-corrected chi connectivity index (χ1v) is 8.64. The molecule has 2 aromatic carbocycles. The molecule has 0 fully saturated rings. The summed E-state index contributed by atoms with van der Waals surface area (Å²) in [6.07, 6.45) is 0. The minimum Gasteiger partial charge on any atom is -0.497 e. The molecule has 0 aliphatic heterocycles. The van der Waals surface area contributed by atoms with E-state index in [1.54, 1.807) is 7.11 Å². The lowest BCUT2D eigenvalue weighted by molar-refractivity contribution is 0.415. The standard InChI is InChI=1S/C17H16N6OS/c1-24-12-6-4-5-11(9-12)16-21-22-17(23(16)18)25-10-15-19-13-7-2-3-8-14(13)20-15/h2-9H,10,18H2,1H3,(H,19,20). The molecule has 126 valence electrons. The summed E-state index contributed by atoms with van der Waals surface area (Å²) in [4.78, 5) is 7.85. The number of nitrogens with two attached hydrogens (primary N) is 1. The number of nitrogen functional groups attached to an aromatic ring is 1. The molecule has 0 saturated carbocycles. The summed E-state index contributed by atoms with van der Waals surface area (Å²) in [6.45, 7) is 0. The normalized spacial score (nSPS) is 11.1. The van der Waals surface area contributed by atoms with E-state index in [-0.39, 0.29) is 0 Å². The SMILES string of the molecule is COc1cccc(-c2nnc(SCc3nc4ccccc4[nH]3)n2N)c1. The van der Waals surface area contributed by atoms with Crippen LogP contribution in [-0.4, -0.2) is 32.0 Å². The lowest BCUT2D eigenvalue weighted by atomic mass is 10.2. The van der Waals surface area contributed by atoms with E-state index in [9.17, 15) is 0 Å². The Morgan fingerprint density at radius 1 is 1.16 bits per heavy atom. The first-order chi connectivity index (χ1) is 12.2. The molecule has 25 heavy (non-hydrogen) atoms. The smallest absolute Gasteiger partial charge is 0.210 e. The molecular formula is C17H16N6OS. The van der Waals surface area contributed by atoms with Gasteiger partial charge in [-0.05, 0) is 24.3 Å². The van der Waals surface area contributed by atoms with Crippen LogP contribution < -0.4 is 10.6 Å². The van der Waals surface area contributed by atoms with Crippen molar-refractivity contribution >= 4 is 22.8 Å². The van der Waals surface area contributed by atoms with Gasteiger partial charge < -0.3 is 15.6 Å². The fraction of sp³-hybridized carbons (Fsp3) is 0.118. The molecule has 0 amide bonds. The van der Waals surface area contributed by atoms with Crippen LogP contribution in [0.2, 0.25) is 0 Å². The van der Waals surface area contributed by atoms with Crippen LogP contribution in [0.3, 0.4) is 0 Å². The summed E-state index contributed by atoms with van der Waals surface area (Å²) >= 11 is 1.48. The zero-order valence-electron chi connectivity index (χ0n) is 13.5. The molecule has 3 N–H and O–H groups in total. The third-order valence-corrected chi connectivity index (χ3v) is 4.72. The Balaban J connectivity index is 1.54. The summed E-state index contributed by atoms with van der Waals surface area (Å²) in [7, 11) is 1.63. The number of H-pyrrole nitrogens is 1. The Labute approximate surface area is 148 Å². The maximum Gasteiger partial charge on any atom is 0.210 e. The van der Waals surface area contributed by atoms with E-state index in [1.807, 2.05) is 48.5 Å². The van der Waals surface area contributed by atoms with Crippen LogP contribution >= 0.6 is 11.8 Å². The third kappa shape index (κ3) is 3.03. The molecule has 0 aliphatic rings. The van der Waals surface area contributed by atoms with Gasteiger partial charge in [-0.3, -0.25) is 0 Å². The maximum absolute atomic E-state index is 6.17. The Kier molecular flexibility index (Phi) is 4.02. The number of nitrogens with one attached hydrogen (secondary N) is 1. The van der Waals surface area contributed by atoms with Crippen molar-refractivity contribution in [1.82, 2.24) is 24.8 Å².